The molecule has 3 aliphatic heterocycles. The Balaban J connectivity index is 0.000000194. The van der Waals surface area contributed by atoms with Crippen molar-refractivity contribution in [1.82, 2.24) is 20.4 Å². The summed E-state index contributed by atoms with van der Waals surface area (Å²) in [5, 5.41) is 72.2. The molecule has 3 spiro atoms. The molecule has 8 aromatic rings. The van der Waals surface area contributed by atoms with Crippen LogP contribution in [0.4, 0.5) is 38.9 Å². The molecule has 121 heavy (non-hydrogen) atoms. The molecule has 32 heteroatoms. The van der Waals surface area contributed by atoms with Crippen LogP contribution in [-0.4, -0.2) is 132 Å². The van der Waals surface area contributed by atoms with Gasteiger partial charge < -0.3 is 30.9 Å². The van der Waals surface area contributed by atoms with Gasteiger partial charge in [-0.3, -0.25) is 84.7 Å². The van der Waals surface area contributed by atoms with Crippen molar-refractivity contribution >= 4 is 131 Å². The molecule has 6 aliphatic rings. The maximum atomic E-state index is 14.0. The number of ether oxygens (including phenoxy) is 1. The lowest BCUT2D eigenvalue weighted by Gasteiger charge is -2.51. The molecule has 2 atom stereocenters. The molecular formula is C89H85Cl2N11O19. The van der Waals surface area contributed by atoms with Crippen molar-refractivity contribution < 1.29 is 63.0 Å². The zero-order valence-electron chi connectivity index (χ0n) is 65.9. The minimum absolute atomic E-state index is 0. The summed E-state index contributed by atoms with van der Waals surface area (Å²) in [6.45, 7) is 8.19. The largest absolute Gasteiger partial charge is 0.444 e. The van der Waals surface area contributed by atoms with Gasteiger partial charge in [0.25, 0.3) is 34.1 Å². The van der Waals surface area contributed by atoms with Gasteiger partial charge in [-0.2, -0.15) is 0 Å². The predicted molar refractivity (Wildman–Crippen MR) is 458 cm³/mol. The van der Waals surface area contributed by atoms with E-state index < -0.39 is 64.1 Å². The molecule has 14 rings (SSSR count). The zero-order chi connectivity index (χ0) is 85.1. The first kappa shape index (κ1) is 89.7. The van der Waals surface area contributed by atoms with Crippen LogP contribution >= 0.6 is 24.8 Å². The first-order chi connectivity index (χ1) is 56.8. The molecule has 4 N–H and O–H groups in total. The normalized spacial score (nSPS) is 18.5. The van der Waals surface area contributed by atoms with Crippen molar-refractivity contribution in [1.29, 1.82) is 0 Å². The van der Waals surface area contributed by atoms with Crippen LogP contribution < -0.4 is 16.4 Å². The standard InChI is InChI=1S/C36H36N4O8.C31H28N4O6.C22H19N3O5.2ClH/c1-35(2,3)48-34(43)37-31(23-24-7-5-4-6-8-24)33(42)38-19-17-36(18-20-38)29(21-25-9-13-27(14-10-25)39(44)45)32(41)30(36)22-26-11-15-28(16-12-26)40(46)47;32-28(20-21-4-2-1-3-5-21)30(37)33-16-14-31(15-17-33)26(18-22-6-10-24(11-7-22)34(38)39)29(36)27(31)19-23-8-12-25(13-9-23)35(40)41;26-21-19(13-15-1-5-17(6-2-15)24(27)28)22(9-11-23-12-10-22)20(21)14-16-3-7-18(8-4-16)25(29)30;;/h4-16,21-22,31H,17-20,23H2,1-3H3,(H,37,43);1-13,18-19,28H,14-17,20,32H2;1-8,13-14,23H,9-12H2;2*1H/b29-21-,30-22-;26-18-,27-19-;19-13-,20-14-;;. The van der Waals surface area contributed by atoms with Gasteiger partial charge in [0.05, 0.1) is 35.6 Å². The Hall–Kier alpha value is -13.7. The van der Waals surface area contributed by atoms with E-state index in [1.165, 1.54) is 72.8 Å². The molecule has 6 fully saturated rings. The number of nitrogens with one attached hydrogen (secondary N) is 2. The number of carbonyl (C=O) groups is 6. The molecule has 624 valence electrons. The summed E-state index contributed by atoms with van der Waals surface area (Å²) < 4.78 is 5.45. The number of nitro groups is 6. The zero-order valence-corrected chi connectivity index (χ0v) is 67.5. The predicted octanol–water partition coefficient (Wildman–Crippen LogP) is 15.8. The van der Waals surface area contributed by atoms with E-state index in [-0.39, 0.29) is 99.9 Å². The topological polar surface area (TPSA) is 427 Å². The first-order valence-electron chi connectivity index (χ1n) is 38.4. The smallest absolute Gasteiger partial charge is 0.408 e. The number of nitrogens with zero attached hydrogens (tertiary/aromatic N) is 8. The molecule has 8 aromatic carbocycles. The van der Waals surface area contributed by atoms with E-state index in [0.717, 1.165) is 48.2 Å². The van der Waals surface area contributed by atoms with Crippen LogP contribution in [-0.2, 0) is 41.6 Å². The lowest BCUT2D eigenvalue weighted by molar-refractivity contribution is -0.385. The van der Waals surface area contributed by atoms with Gasteiger partial charge in [-0.1, -0.05) is 60.7 Å². The van der Waals surface area contributed by atoms with E-state index in [2.05, 4.69) is 10.6 Å². The van der Waals surface area contributed by atoms with Gasteiger partial charge in [-0.15, -0.1) is 24.8 Å². The number of hydrogen-bond donors (Lipinski definition) is 3. The monoisotopic (exact) mass is 1680 g/mol. The summed E-state index contributed by atoms with van der Waals surface area (Å²) in [4.78, 5) is 147. The summed E-state index contributed by atoms with van der Waals surface area (Å²) in [7, 11) is 0. The molecular weight excluding hydrogens is 1600 g/mol. The number of piperidine rings is 3. The Kier molecular flexibility index (Phi) is 28.4. The van der Waals surface area contributed by atoms with Gasteiger partial charge in [-0.05, 0) is 233 Å². The SMILES string of the molecule is CC(C)(C)OC(=O)NC(Cc1ccccc1)C(=O)N1CCC2(CC1)/C(=C\c1ccc([N+](=O)[O-])cc1)C(=O)/C2=C/c1ccc([N+](=O)[O-])cc1.Cl.Cl.NC(Cc1ccccc1)C(=O)N1CCC2(CC1)/C(=C\c1ccc([N+](=O)[O-])cc1)C(=O)/C2=C/c1ccc([N+](=O)[O-])cc1.O=C1/C(=C/c2ccc([N+](=O)[O-])cc2)C2(CCNCC2)/C1=C\c1ccc([N+](=O)[O-])cc1. The van der Waals surface area contributed by atoms with Crippen LogP contribution in [0.3, 0.4) is 0 Å². The number of carbonyl (C=O) groups excluding carboxylic acids is 6. The van der Waals surface area contributed by atoms with E-state index in [1.54, 1.807) is 128 Å². The van der Waals surface area contributed by atoms with E-state index in [9.17, 15) is 89.5 Å². The van der Waals surface area contributed by atoms with Crippen LogP contribution in [0.25, 0.3) is 36.5 Å². The van der Waals surface area contributed by atoms with E-state index in [1.807, 2.05) is 72.8 Å². The molecule has 3 amide bonds. The minimum Gasteiger partial charge on any atom is -0.444 e. The third-order valence-corrected chi connectivity index (χ3v) is 22.3. The average molecular weight is 1680 g/mol. The number of ketones is 3. The summed E-state index contributed by atoms with van der Waals surface area (Å²) in [6, 6.07) is 53.5. The maximum absolute atomic E-state index is 14.0. The van der Waals surface area contributed by atoms with Crippen molar-refractivity contribution in [2.75, 3.05) is 39.3 Å². The molecule has 0 aromatic heterocycles. The van der Waals surface area contributed by atoms with Crippen molar-refractivity contribution in [3.8, 4) is 0 Å². The number of nitrogens with two attached hydrogens (primary N) is 1. The Bertz CT molecular complexity index is 5260. The number of halogens is 2. The van der Waals surface area contributed by atoms with Crippen molar-refractivity contribution in [2.45, 2.75) is 89.8 Å². The molecule has 3 heterocycles. The third kappa shape index (κ3) is 20.5. The highest BCUT2D eigenvalue weighted by Gasteiger charge is 2.57. The van der Waals surface area contributed by atoms with Crippen LogP contribution in [0.1, 0.15) is 104 Å². The van der Waals surface area contributed by atoms with E-state index in [4.69, 9.17) is 10.5 Å². The van der Waals surface area contributed by atoms with Gasteiger partial charge in [0.2, 0.25) is 11.8 Å². The molecule has 30 nitrogen and oxygen atoms in total. The average Bonchev–Trinajstić information content (AvgIpc) is 0.720. The molecule has 3 saturated carbocycles. The number of benzene rings is 8. The fraction of sp³-hybridized carbons (Fsp3) is 0.258. The third-order valence-electron chi connectivity index (χ3n) is 22.3. The van der Waals surface area contributed by atoms with Gasteiger partial charge in [0, 0.05) is 155 Å². The Morgan fingerprint density at radius 1 is 0.397 bits per heavy atom. The summed E-state index contributed by atoms with van der Waals surface area (Å²) in [5.74, 6) is -0.806. The number of likely N-dealkylation sites (tertiary alicyclic amines) is 2. The van der Waals surface area contributed by atoms with Gasteiger partial charge in [0.15, 0.2) is 17.3 Å². The van der Waals surface area contributed by atoms with Crippen molar-refractivity contribution in [3.05, 3.63) is 345 Å². The van der Waals surface area contributed by atoms with Crippen molar-refractivity contribution in [3.63, 3.8) is 0 Å². The number of nitro benzene ring substituents is 6. The van der Waals surface area contributed by atoms with E-state index >= 15 is 0 Å². The maximum Gasteiger partial charge on any atom is 0.408 e. The summed E-state index contributed by atoms with van der Waals surface area (Å²) in [5.41, 5.74) is 13.2. The van der Waals surface area contributed by atoms with E-state index in [0.29, 0.717) is 114 Å². The van der Waals surface area contributed by atoms with Gasteiger partial charge in [0.1, 0.15) is 11.6 Å². The van der Waals surface area contributed by atoms with Crippen LogP contribution in [0.5, 0.6) is 0 Å². The second kappa shape index (κ2) is 38.4. The molecule has 3 saturated heterocycles. The number of rotatable bonds is 19. The first-order valence-corrected chi connectivity index (χ1v) is 38.4. The minimum atomic E-state index is -0.885. The van der Waals surface area contributed by atoms with Crippen molar-refractivity contribution in [2.24, 2.45) is 22.0 Å². The summed E-state index contributed by atoms with van der Waals surface area (Å²) >= 11 is 0. The van der Waals surface area contributed by atoms with Crippen LogP contribution in [0.2, 0.25) is 0 Å². The molecule has 3 aliphatic carbocycles. The van der Waals surface area contributed by atoms with Gasteiger partial charge in [-0.25, -0.2) is 4.79 Å². The Labute approximate surface area is 706 Å². The Morgan fingerprint density at radius 2 is 0.636 bits per heavy atom. The lowest BCUT2D eigenvalue weighted by atomic mass is 9.54. The van der Waals surface area contributed by atoms with Crippen LogP contribution in [0.15, 0.2) is 240 Å². The lowest BCUT2D eigenvalue weighted by Crippen LogP contribution is -2.56. The fourth-order valence-electron chi connectivity index (χ4n) is 16.0. The van der Waals surface area contributed by atoms with Crippen LogP contribution in [0, 0.1) is 76.9 Å². The number of amides is 3. The quantitative estimate of drug-likeness (QED) is 0.0384. The highest BCUT2D eigenvalue weighted by Crippen LogP contribution is 2.59. The fourth-order valence-corrected chi connectivity index (χ4v) is 16.0. The second-order valence-corrected chi connectivity index (χ2v) is 30.8. The number of allylic oxidation sites excluding steroid dienone is 6. The highest BCUT2D eigenvalue weighted by molar-refractivity contribution is 6.25. The highest BCUT2D eigenvalue weighted by atomic mass is 35.5. The second-order valence-electron chi connectivity index (χ2n) is 30.8. The number of alkyl carbamates (subject to hydrolysis) is 1. The molecule has 0 bridgehead atoms. The van der Waals surface area contributed by atoms with Gasteiger partial charge >= 0.3 is 6.09 Å². The number of non-ortho nitro benzene ring substituents is 6. The Morgan fingerprint density at radius 3 is 0.884 bits per heavy atom. The number of Topliss-reactive ketones (excluding diaryl/α,β-unsaturated/α-hetero) is 3. The summed E-state index contributed by atoms with van der Waals surface area (Å²) in [6.07, 6.45) is 14.0. The number of hydrogen-bond acceptors (Lipinski definition) is 21. The molecule has 2 unspecified atom stereocenters. The molecule has 0 radical (unpaired) electrons.